The monoisotopic (exact) mass is 339 g/mol. The van der Waals surface area contributed by atoms with Gasteiger partial charge in [-0.3, -0.25) is 9.59 Å². The van der Waals surface area contributed by atoms with E-state index in [1.807, 2.05) is 18.2 Å². The first kappa shape index (κ1) is 17.0. The van der Waals surface area contributed by atoms with Gasteiger partial charge in [-0.15, -0.1) is 0 Å². The molecule has 0 N–H and O–H groups in total. The Morgan fingerprint density at radius 3 is 2.40 bits per heavy atom. The maximum atomic E-state index is 11.9. The van der Waals surface area contributed by atoms with Gasteiger partial charge in [0, 0.05) is 30.3 Å². The fraction of sp³-hybridized carbons (Fsp3) is 0.300. The summed E-state index contributed by atoms with van der Waals surface area (Å²) >= 11 is 0. The number of fused-ring (bicyclic) bond motifs is 1. The number of Topliss-reactive ketones (excluding diaryl/α,β-unsaturated/α-hetero) is 1. The molecule has 0 aromatic heterocycles. The highest BCUT2D eigenvalue weighted by molar-refractivity contribution is 5.98. The number of hydrogen-bond acceptors (Lipinski definition) is 4. The zero-order chi connectivity index (χ0) is 18.1. The van der Waals surface area contributed by atoms with Gasteiger partial charge in [-0.2, -0.15) is 0 Å². The van der Waals surface area contributed by atoms with Crippen molar-refractivity contribution in [1.29, 1.82) is 0 Å². The standard InChI is InChI=1S/C20H21NO4/c1-12(22)16-10-17(20(25-4)19(11-16)24-3)14-5-6-18-15(9-14)7-8-21(18)13(2)23/h5-6,9-11H,7-8H2,1-4H3. The lowest BCUT2D eigenvalue weighted by atomic mass is 9.97. The minimum Gasteiger partial charge on any atom is -0.493 e. The Kier molecular flexibility index (Phi) is 4.49. The molecule has 0 spiro atoms. The molecule has 5 heteroatoms. The van der Waals surface area contributed by atoms with E-state index in [-0.39, 0.29) is 11.7 Å². The summed E-state index contributed by atoms with van der Waals surface area (Å²) in [6.45, 7) is 3.80. The van der Waals surface area contributed by atoms with E-state index in [9.17, 15) is 9.59 Å². The van der Waals surface area contributed by atoms with Gasteiger partial charge in [0.25, 0.3) is 0 Å². The van der Waals surface area contributed by atoms with E-state index in [0.29, 0.717) is 23.6 Å². The molecule has 0 unspecified atom stereocenters. The first-order valence-electron chi connectivity index (χ1n) is 8.14. The summed E-state index contributed by atoms with van der Waals surface area (Å²) < 4.78 is 10.9. The lowest BCUT2D eigenvalue weighted by molar-refractivity contribution is -0.116. The van der Waals surface area contributed by atoms with Gasteiger partial charge in [0.05, 0.1) is 14.2 Å². The maximum absolute atomic E-state index is 11.9. The lowest BCUT2D eigenvalue weighted by Gasteiger charge is -2.17. The summed E-state index contributed by atoms with van der Waals surface area (Å²) in [6, 6.07) is 9.46. The van der Waals surface area contributed by atoms with Crippen LogP contribution in [0.25, 0.3) is 11.1 Å². The third-order valence-electron chi connectivity index (χ3n) is 4.55. The predicted octanol–water partition coefficient (Wildman–Crippen LogP) is 3.48. The fourth-order valence-corrected chi connectivity index (χ4v) is 3.28. The first-order valence-corrected chi connectivity index (χ1v) is 8.14. The Morgan fingerprint density at radius 2 is 1.80 bits per heavy atom. The number of amides is 1. The number of nitrogens with zero attached hydrogens (tertiary/aromatic N) is 1. The molecule has 0 aliphatic carbocycles. The van der Waals surface area contributed by atoms with Crippen LogP contribution in [0.4, 0.5) is 5.69 Å². The fourth-order valence-electron chi connectivity index (χ4n) is 3.28. The number of benzene rings is 2. The smallest absolute Gasteiger partial charge is 0.223 e. The molecule has 0 saturated heterocycles. The molecule has 5 nitrogen and oxygen atoms in total. The molecule has 2 aromatic rings. The zero-order valence-electron chi connectivity index (χ0n) is 14.9. The number of hydrogen-bond donors (Lipinski definition) is 0. The van der Waals surface area contributed by atoms with Crippen molar-refractivity contribution in [3.63, 3.8) is 0 Å². The number of anilines is 1. The molecule has 0 atom stereocenters. The molecule has 130 valence electrons. The number of carbonyl (C=O) groups excluding carboxylic acids is 2. The van der Waals surface area contributed by atoms with Gasteiger partial charge in [0.15, 0.2) is 17.3 Å². The number of rotatable bonds is 4. The van der Waals surface area contributed by atoms with Gasteiger partial charge < -0.3 is 14.4 Å². The summed E-state index contributed by atoms with van der Waals surface area (Å²) in [5.74, 6) is 1.13. The van der Waals surface area contributed by atoms with Crippen molar-refractivity contribution in [3.8, 4) is 22.6 Å². The minimum atomic E-state index is -0.0360. The third kappa shape index (κ3) is 2.97. The van der Waals surface area contributed by atoms with E-state index in [1.54, 1.807) is 32.1 Å². The van der Waals surface area contributed by atoms with Crippen LogP contribution < -0.4 is 14.4 Å². The van der Waals surface area contributed by atoms with Crippen molar-refractivity contribution in [2.45, 2.75) is 20.3 Å². The van der Waals surface area contributed by atoms with Crippen LogP contribution in [-0.4, -0.2) is 32.5 Å². The van der Waals surface area contributed by atoms with E-state index < -0.39 is 0 Å². The van der Waals surface area contributed by atoms with Crippen LogP contribution in [-0.2, 0) is 11.2 Å². The normalized spacial score (nSPS) is 12.7. The van der Waals surface area contributed by atoms with Crippen LogP contribution in [0.5, 0.6) is 11.5 Å². The van der Waals surface area contributed by atoms with Gasteiger partial charge in [0.2, 0.25) is 5.91 Å². The van der Waals surface area contributed by atoms with E-state index in [2.05, 4.69) is 6.07 Å². The summed E-state index contributed by atoms with van der Waals surface area (Å²) in [6.07, 6.45) is 0.814. The van der Waals surface area contributed by atoms with Gasteiger partial charge >= 0.3 is 0 Å². The van der Waals surface area contributed by atoms with Gasteiger partial charge in [-0.05, 0) is 48.7 Å². The number of ketones is 1. The summed E-state index contributed by atoms with van der Waals surface area (Å²) in [5, 5.41) is 0. The lowest BCUT2D eigenvalue weighted by Crippen LogP contribution is -2.25. The van der Waals surface area contributed by atoms with E-state index in [1.165, 1.54) is 6.92 Å². The number of ether oxygens (including phenoxy) is 2. The maximum Gasteiger partial charge on any atom is 0.223 e. The van der Waals surface area contributed by atoms with Gasteiger partial charge in [-0.1, -0.05) is 6.07 Å². The summed E-state index contributed by atoms with van der Waals surface area (Å²) in [4.78, 5) is 25.4. The average molecular weight is 339 g/mol. The highest BCUT2D eigenvalue weighted by Gasteiger charge is 2.23. The molecular formula is C20H21NO4. The summed E-state index contributed by atoms with van der Waals surface area (Å²) in [5.41, 5.74) is 4.36. The van der Waals surface area contributed by atoms with Crippen LogP contribution in [0.1, 0.15) is 29.8 Å². The van der Waals surface area contributed by atoms with Crippen LogP contribution in [0.2, 0.25) is 0 Å². The molecule has 1 amide bonds. The highest BCUT2D eigenvalue weighted by Crippen LogP contribution is 2.41. The average Bonchev–Trinajstić information content (AvgIpc) is 3.03. The molecule has 0 fully saturated rings. The minimum absolute atomic E-state index is 0.0360. The molecule has 1 heterocycles. The van der Waals surface area contributed by atoms with Crippen molar-refractivity contribution in [1.82, 2.24) is 0 Å². The number of carbonyl (C=O) groups is 2. The van der Waals surface area contributed by atoms with Crippen LogP contribution in [0.15, 0.2) is 30.3 Å². The Hall–Kier alpha value is -2.82. The molecule has 2 aromatic carbocycles. The second-order valence-electron chi connectivity index (χ2n) is 6.08. The topological polar surface area (TPSA) is 55.8 Å². The Balaban J connectivity index is 2.15. The van der Waals surface area contributed by atoms with Crippen molar-refractivity contribution in [2.75, 3.05) is 25.7 Å². The van der Waals surface area contributed by atoms with Crippen molar-refractivity contribution < 1.29 is 19.1 Å². The SMILES string of the molecule is COc1cc(C(C)=O)cc(-c2ccc3c(c2)CCN3C(C)=O)c1OC. The van der Waals surface area contributed by atoms with Gasteiger partial charge in [0.1, 0.15) is 0 Å². The quantitative estimate of drug-likeness (QED) is 0.800. The molecule has 0 bridgehead atoms. The van der Waals surface area contributed by atoms with Gasteiger partial charge in [-0.25, -0.2) is 0 Å². The molecule has 0 saturated carbocycles. The van der Waals surface area contributed by atoms with Crippen molar-refractivity contribution >= 4 is 17.4 Å². The molecule has 3 rings (SSSR count). The van der Waals surface area contributed by atoms with Crippen molar-refractivity contribution in [3.05, 3.63) is 41.5 Å². The van der Waals surface area contributed by atoms with E-state index in [4.69, 9.17) is 9.47 Å². The summed E-state index contributed by atoms with van der Waals surface area (Å²) in [7, 11) is 3.14. The van der Waals surface area contributed by atoms with Crippen LogP contribution in [0.3, 0.4) is 0 Å². The van der Waals surface area contributed by atoms with Crippen LogP contribution in [0, 0.1) is 0 Å². The molecule has 1 aliphatic heterocycles. The Morgan fingerprint density at radius 1 is 1.04 bits per heavy atom. The highest BCUT2D eigenvalue weighted by atomic mass is 16.5. The second-order valence-corrected chi connectivity index (χ2v) is 6.08. The van der Waals surface area contributed by atoms with E-state index in [0.717, 1.165) is 28.8 Å². The molecule has 1 aliphatic rings. The third-order valence-corrected chi connectivity index (χ3v) is 4.55. The van der Waals surface area contributed by atoms with Crippen molar-refractivity contribution in [2.24, 2.45) is 0 Å². The Bertz CT molecular complexity index is 857. The first-order chi connectivity index (χ1) is 12.0. The van der Waals surface area contributed by atoms with Crippen LogP contribution >= 0.6 is 0 Å². The number of methoxy groups -OCH3 is 2. The largest absolute Gasteiger partial charge is 0.493 e. The molecule has 25 heavy (non-hydrogen) atoms. The van der Waals surface area contributed by atoms with E-state index >= 15 is 0 Å². The Labute approximate surface area is 147 Å². The second kappa shape index (κ2) is 6.59. The predicted molar refractivity (Wildman–Crippen MR) is 96.7 cm³/mol. The molecular weight excluding hydrogens is 318 g/mol. The molecule has 0 radical (unpaired) electrons. The zero-order valence-corrected chi connectivity index (χ0v) is 14.9.